The molecule has 4 heterocycles. The molecule has 3 fully saturated rings. The normalized spacial score (nSPS) is 23.0. The summed E-state index contributed by atoms with van der Waals surface area (Å²) in [5, 5.41) is 4.55. The fourth-order valence-electron chi connectivity index (χ4n) is 3.98. The van der Waals surface area contributed by atoms with Crippen LogP contribution in [0, 0.1) is 6.92 Å². The van der Waals surface area contributed by atoms with Gasteiger partial charge in [-0.3, -0.25) is 9.58 Å². The van der Waals surface area contributed by atoms with E-state index in [1.807, 2.05) is 17.9 Å². The Hall–Kier alpha value is -2.64. The van der Waals surface area contributed by atoms with E-state index in [0.29, 0.717) is 12.0 Å². The summed E-state index contributed by atoms with van der Waals surface area (Å²) < 4.78 is 2.01. The SMILES string of the molecule is Cc1cc(N2CCC(n3cc(N4CCN(C)C4=O)cn3)C2)nc(C2CC2)n1. The van der Waals surface area contributed by atoms with E-state index in [0.717, 1.165) is 55.6 Å². The molecule has 3 aliphatic rings. The molecule has 0 aromatic carbocycles. The van der Waals surface area contributed by atoms with Crippen LogP contribution >= 0.6 is 0 Å². The van der Waals surface area contributed by atoms with Gasteiger partial charge >= 0.3 is 6.03 Å². The lowest BCUT2D eigenvalue weighted by molar-refractivity contribution is 0.229. The van der Waals surface area contributed by atoms with Crippen molar-refractivity contribution in [2.75, 3.05) is 43.0 Å². The molecule has 2 aliphatic heterocycles. The molecule has 0 bridgehead atoms. The highest BCUT2D eigenvalue weighted by Gasteiger charge is 2.31. The molecule has 1 saturated carbocycles. The van der Waals surface area contributed by atoms with Gasteiger partial charge in [0.05, 0.1) is 17.9 Å². The Bertz CT molecular complexity index is 875. The standard InChI is InChI=1S/C19H25N7O/c1-13-9-17(22-18(21-13)14-3-4-14)24-6-5-15(11-24)26-12-16(10-20-26)25-8-7-23(2)19(25)27/h9-10,12,14-15H,3-8,11H2,1-2H3. The second-order valence-corrected chi connectivity index (χ2v) is 7.92. The first kappa shape index (κ1) is 16.5. The van der Waals surface area contributed by atoms with Crippen molar-refractivity contribution in [3.8, 4) is 0 Å². The van der Waals surface area contributed by atoms with E-state index in [1.54, 1.807) is 16.0 Å². The lowest BCUT2D eigenvalue weighted by Gasteiger charge is -2.19. The van der Waals surface area contributed by atoms with Crippen molar-refractivity contribution in [2.45, 2.75) is 38.1 Å². The molecule has 1 aliphatic carbocycles. The first-order chi connectivity index (χ1) is 13.1. The zero-order chi connectivity index (χ0) is 18.5. The van der Waals surface area contributed by atoms with Crippen LogP contribution in [-0.4, -0.2) is 63.9 Å². The smallest absolute Gasteiger partial charge is 0.324 e. The molecule has 5 rings (SSSR count). The van der Waals surface area contributed by atoms with Crippen molar-refractivity contribution in [3.63, 3.8) is 0 Å². The Labute approximate surface area is 158 Å². The third kappa shape index (κ3) is 3.02. The number of rotatable bonds is 4. The lowest BCUT2D eigenvalue weighted by Crippen LogP contribution is -2.28. The van der Waals surface area contributed by atoms with Crippen molar-refractivity contribution >= 4 is 17.5 Å². The second-order valence-electron chi connectivity index (χ2n) is 7.92. The number of carbonyl (C=O) groups is 1. The van der Waals surface area contributed by atoms with Crippen LogP contribution in [0.25, 0.3) is 0 Å². The first-order valence-electron chi connectivity index (χ1n) is 9.76. The fraction of sp³-hybridized carbons (Fsp3) is 0.579. The Balaban J connectivity index is 1.31. The molecule has 142 valence electrons. The van der Waals surface area contributed by atoms with Crippen molar-refractivity contribution in [2.24, 2.45) is 0 Å². The predicted octanol–water partition coefficient (Wildman–Crippen LogP) is 2.18. The quantitative estimate of drug-likeness (QED) is 0.828. The van der Waals surface area contributed by atoms with Gasteiger partial charge in [0.1, 0.15) is 11.6 Å². The third-order valence-corrected chi connectivity index (χ3v) is 5.78. The van der Waals surface area contributed by atoms with Crippen LogP contribution in [-0.2, 0) is 0 Å². The Morgan fingerprint density at radius 2 is 1.96 bits per heavy atom. The Kier molecular flexibility index (Phi) is 3.80. The van der Waals surface area contributed by atoms with Crippen LogP contribution in [0.15, 0.2) is 18.5 Å². The number of hydrogen-bond acceptors (Lipinski definition) is 5. The molecule has 2 aromatic rings. The molecule has 8 nitrogen and oxygen atoms in total. The van der Waals surface area contributed by atoms with Gasteiger partial charge in [-0.25, -0.2) is 14.8 Å². The summed E-state index contributed by atoms with van der Waals surface area (Å²) in [6.07, 6.45) is 7.26. The van der Waals surface area contributed by atoms with E-state index in [1.165, 1.54) is 12.8 Å². The van der Waals surface area contributed by atoms with Crippen LogP contribution in [0.5, 0.6) is 0 Å². The maximum absolute atomic E-state index is 12.2. The molecule has 0 radical (unpaired) electrons. The van der Waals surface area contributed by atoms with Crippen LogP contribution in [0.2, 0.25) is 0 Å². The van der Waals surface area contributed by atoms with E-state index < -0.39 is 0 Å². The van der Waals surface area contributed by atoms with Crippen molar-refractivity contribution in [1.29, 1.82) is 0 Å². The summed E-state index contributed by atoms with van der Waals surface area (Å²) in [7, 11) is 1.83. The Morgan fingerprint density at radius 3 is 2.70 bits per heavy atom. The zero-order valence-corrected chi connectivity index (χ0v) is 15.9. The van der Waals surface area contributed by atoms with Gasteiger partial charge in [-0.2, -0.15) is 5.10 Å². The Morgan fingerprint density at radius 1 is 1.11 bits per heavy atom. The highest BCUT2D eigenvalue weighted by atomic mass is 16.2. The number of nitrogens with zero attached hydrogens (tertiary/aromatic N) is 7. The number of aryl methyl sites for hydroxylation is 1. The van der Waals surface area contributed by atoms with Crippen molar-refractivity contribution in [1.82, 2.24) is 24.6 Å². The largest absolute Gasteiger partial charge is 0.354 e. The maximum atomic E-state index is 12.2. The highest BCUT2D eigenvalue weighted by Crippen LogP contribution is 2.39. The monoisotopic (exact) mass is 367 g/mol. The molecule has 0 N–H and O–H groups in total. The van der Waals surface area contributed by atoms with Gasteiger partial charge in [-0.05, 0) is 26.2 Å². The number of aromatic nitrogens is 4. The molecule has 27 heavy (non-hydrogen) atoms. The average Bonchev–Trinajstić information content (AvgIpc) is 3.04. The van der Waals surface area contributed by atoms with Gasteiger partial charge in [0.15, 0.2) is 0 Å². The number of urea groups is 1. The van der Waals surface area contributed by atoms with Crippen molar-refractivity contribution < 1.29 is 4.79 Å². The molecule has 2 amide bonds. The maximum Gasteiger partial charge on any atom is 0.324 e. The lowest BCUT2D eigenvalue weighted by atomic mass is 10.3. The average molecular weight is 367 g/mol. The van der Waals surface area contributed by atoms with E-state index in [-0.39, 0.29) is 6.03 Å². The van der Waals surface area contributed by atoms with E-state index in [4.69, 9.17) is 4.98 Å². The molecular formula is C19H25N7O. The second kappa shape index (κ2) is 6.21. The number of hydrogen-bond donors (Lipinski definition) is 0. The zero-order valence-electron chi connectivity index (χ0n) is 15.9. The molecule has 1 unspecified atom stereocenters. The summed E-state index contributed by atoms with van der Waals surface area (Å²) in [6.45, 7) is 5.38. The van der Waals surface area contributed by atoms with Gasteiger partial charge in [-0.15, -0.1) is 0 Å². The van der Waals surface area contributed by atoms with Crippen LogP contribution in [0.3, 0.4) is 0 Å². The summed E-state index contributed by atoms with van der Waals surface area (Å²) >= 11 is 0. The van der Waals surface area contributed by atoms with Gasteiger partial charge in [-0.1, -0.05) is 0 Å². The summed E-state index contributed by atoms with van der Waals surface area (Å²) in [6, 6.07) is 2.43. The van der Waals surface area contributed by atoms with Gasteiger partial charge < -0.3 is 9.80 Å². The topological polar surface area (TPSA) is 70.4 Å². The van der Waals surface area contributed by atoms with E-state index in [9.17, 15) is 4.79 Å². The highest BCUT2D eigenvalue weighted by molar-refractivity contribution is 5.93. The summed E-state index contributed by atoms with van der Waals surface area (Å²) in [4.78, 5) is 27.5. The summed E-state index contributed by atoms with van der Waals surface area (Å²) in [5.74, 6) is 2.61. The van der Waals surface area contributed by atoms with Crippen LogP contribution in [0.4, 0.5) is 16.3 Å². The van der Waals surface area contributed by atoms with Gasteiger partial charge in [0, 0.05) is 57.1 Å². The third-order valence-electron chi connectivity index (χ3n) is 5.78. The minimum absolute atomic E-state index is 0.0478. The minimum Gasteiger partial charge on any atom is -0.354 e. The summed E-state index contributed by atoms with van der Waals surface area (Å²) in [5.41, 5.74) is 1.93. The number of carbonyl (C=O) groups excluding carboxylic acids is 1. The minimum atomic E-state index is 0.0478. The molecule has 0 spiro atoms. The number of likely N-dealkylation sites (N-methyl/N-ethyl adjacent to an activating group) is 1. The molecule has 2 saturated heterocycles. The van der Waals surface area contributed by atoms with Crippen LogP contribution in [0.1, 0.15) is 42.7 Å². The number of amides is 2. The van der Waals surface area contributed by atoms with Gasteiger partial charge in [0.2, 0.25) is 0 Å². The molecule has 1 atom stereocenters. The molecule has 2 aromatic heterocycles. The van der Waals surface area contributed by atoms with E-state index >= 15 is 0 Å². The first-order valence-corrected chi connectivity index (χ1v) is 9.76. The molecule has 8 heteroatoms. The van der Waals surface area contributed by atoms with Crippen molar-refractivity contribution in [3.05, 3.63) is 30.0 Å². The predicted molar refractivity (Wildman–Crippen MR) is 102 cm³/mol. The van der Waals surface area contributed by atoms with E-state index in [2.05, 4.69) is 28.0 Å². The van der Waals surface area contributed by atoms with Gasteiger partial charge in [0.25, 0.3) is 0 Å². The fourth-order valence-corrected chi connectivity index (χ4v) is 3.98. The molecular weight excluding hydrogens is 342 g/mol. The number of anilines is 2. The van der Waals surface area contributed by atoms with Crippen LogP contribution < -0.4 is 9.80 Å².